The minimum Gasteiger partial charge on any atom is -0.495 e. The van der Waals surface area contributed by atoms with Gasteiger partial charge in [0.1, 0.15) is 16.3 Å². The third-order valence-electron chi connectivity index (χ3n) is 6.24. The van der Waals surface area contributed by atoms with Crippen LogP contribution in [0.1, 0.15) is 32.4 Å². The van der Waals surface area contributed by atoms with Crippen molar-refractivity contribution in [2.75, 3.05) is 33.9 Å². The van der Waals surface area contributed by atoms with Crippen molar-refractivity contribution >= 4 is 15.9 Å². The summed E-state index contributed by atoms with van der Waals surface area (Å²) >= 11 is 0. The van der Waals surface area contributed by atoms with Crippen LogP contribution in [-0.4, -0.2) is 89.6 Å². The minimum atomic E-state index is -3.87. The molecular weight excluding hydrogens is 474 g/mol. The van der Waals surface area contributed by atoms with E-state index in [4.69, 9.17) is 9.47 Å². The number of ether oxygens (including phenoxy) is 2. The second-order valence-electron chi connectivity index (χ2n) is 8.92. The van der Waals surface area contributed by atoms with Gasteiger partial charge in [0.25, 0.3) is 0 Å². The summed E-state index contributed by atoms with van der Waals surface area (Å²) in [7, 11) is -0.953. The molecule has 2 aromatic rings. The molecule has 2 bridgehead atoms. The molecule has 0 unspecified atom stereocenters. The molecule has 2 heterocycles. The van der Waals surface area contributed by atoms with Gasteiger partial charge in [-0.25, -0.2) is 8.42 Å². The fourth-order valence-corrected chi connectivity index (χ4v) is 5.38. The summed E-state index contributed by atoms with van der Waals surface area (Å²) in [5, 5.41) is 17.9. The molecule has 0 spiro atoms. The number of likely N-dealkylation sites (N-methyl/N-ethyl adjacent to an activating group) is 1. The van der Waals surface area contributed by atoms with Crippen LogP contribution in [0.4, 0.5) is 0 Å². The Morgan fingerprint density at radius 1 is 1.34 bits per heavy atom. The van der Waals surface area contributed by atoms with Crippen molar-refractivity contribution in [1.82, 2.24) is 24.2 Å². The van der Waals surface area contributed by atoms with Gasteiger partial charge in [0.2, 0.25) is 15.9 Å². The number of methoxy groups -OCH3 is 1. The molecule has 1 aliphatic heterocycles. The first-order valence-corrected chi connectivity index (χ1v) is 13.1. The largest absolute Gasteiger partial charge is 0.495 e. The highest BCUT2D eigenvalue weighted by atomic mass is 32.2. The van der Waals surface area contributed by atoms with Gasteiger partial charge in [-0.15, -0.1) is 5.10 Å². The maximum Gasteiger partial charge on any atom is 0.246 e. The van der Waals surface area contributed by atoms with E-state index in [1.807, 2.05) is 6.92 Å². The number of nitrogens with zero attached hydrogens (tertiary/aromatic N) is 5. The number of aliphatic hydroxyl groups is 1. The van der Waals surface area contributed by atoms with E-state index in [0.29, 0.717) is 31.6 Å². The third-order valence-corrected chi connectivity index (χ3v) is 8.10. The normalized spacial score (nSPS) is 21.2. The van der Waals surface area contributed by atoms with E-state index >= 15 is 0 Å². The van der Waals surface area contributed by atoms with Gasteiger partial charge in [0.05, 0.1) is 38.7 Å². The van der Waals surface area contributed by atoms with E-state index in [2.05, 4.69) is 10.3 Å². The smallest absolute Gasteiger partial charge is 0.246 e. The van der Waals surface area contributed by atoms with E-state index in [0.717, 1.165) is 0 Å². The summed E-state index contributed by atoms with van der Waals surface area (Å²) < 4.78 is 41.0. The molecule has 0 radical (unpaired) electrons. The Hall–Kier alpha value is -2.54. The van der Waals surface area contributed by atoms with Gasteiger partial charge < -0.3 is 19.5 Å². The zero-order valence-corrected chi connectivity index (χ0v) is 21.5. The molecule has 0 aliphatic carbocycles. The topological polar surface area (TPSA) is 127 Å². The number of aryl methyl sites for hydroxylation is 1. The molecule has 35 heavy (non-hydrogen) atoms. The summed E-state index contributed by atoms with van der Waals surface area (Å²) in [4.78, 5) is 14.7. The maximum atomic E-state index is 13.4. The van der Waals surface area contributed by atoms with Gasteiger partial charge in [-0.1, -0.05) is 24.3 Å². The number of carbonyl (C=O) groups is 1. The molecule has 1 N–H and O–H groups in total. The fraction of sp³-hybridized carbons (Fsp3) is 0.609. The van der Waals surface area contributed by atoms with Crippen molar-refractivity contribution in [2.24, 2.45) is 5.92 Å². The lowest BCUT2D eigenvalue weighted by atomic mass is 10.0. The van der Waals surface area contributed by atoms with Crippen LogP contribution in [0.2, 0.25) is 0 Å². The molecule has 0 saturated carbocycles. The predicted molar refractivity (Wildman–Crippen MR) is 128 cm³/mol. The third kappa shape index (κ3) is 6.57. The molecule has 194 valence electrons. The molecule has 1 aromatic carbocycles. The zero-order valence-electron chi connectivity index (χ0n) is 20.7. The van der Waals surface area contributed by atoms with Crippen LogP contribution in [0.15, 0.2) is 35.4 Å². The summed E-state index contributed by atoms with van der Waals surface area (Å²) in [6.45, 7) is 4.59. The Balaban J connectivity index is 1.88. The fourth-order valence-electron chi connectivity index (χ4n) is 4.04. The number of hydrogen-bond acceptors (Lipinski definition) is 8. The Morgan fingerprint density at radius 3 is 2.80 bits per heavy atom. The Bertz CT molecular complexity index is 1090. The highest BCUT2D eigenvalue weighted by Crippen LogP contribution is 2.27. The predicted octanol–water partition coefficient (Wildman–Crippen LogP) is 1.13. The molecule has 12 heteroatoms. The number of carbonyl (C=O) groups excluding carboxylic acids is 1. The second-order valence-corrected chi connectivity index (χ2v) is 10.9. The monoisotopic (exact) mass is 509 g/mol. The number of sulfonamides is 1. The average Bonchev–Trinajstić information content (AvgIpc) is 3.31. The number of aromatic nitrogens is 3. The van der Waals surface area contributed by atoms with E-state index in [-0.39, 0.29) is 48.3 Å². The Kier molecular flexibility index (Phi) is 9.22. The number of para-hydroxylation sites is 1. The van der Waals surface area contributed by atoms with E-state index < -0.39 is 16.1 Å². The summed E-state index contributed by atoms with van der Waals surface area (Å²) in [5.41, 5.74) is 0.628. The number of hydrogen-bond donors (Lipinski definition) is 1. The van der Waals surface area contributed by atoms with Crippen molar-refractivity contribution in [2.45, 2.75) is 56.9 Å². The minimum absolute atomic E-state index is 0.0468. The van der Waals surface area contributed by atoms with Gasteiger partial charge >= 0.3 is 0 Å². The maximum absolute atomic E-state index is 13.4. The van der Waals surface area contributed by atoms with Crippen LogP contribution in [0.5, 0.6) is 5.75 Å². The van der Waals surface area contributed by atoms with Crippen LogP contribution in [-0.2, 0) is 32.7 Å². The van der Waals surface area contributed by atoms with E-state index in [1.165, 1.54) is 24.5 Å². The van der Waals surface area contributed by atoms with Crippen LogP contribution in [0.3, 0.4) is 0 Å². The van der Waals surface area contributed by atoms with E-state index in [9.17, 15) is 18.3 Å². The van der Waals surface area contributed by atoms with Gasteiger partial charge in [0.15, 0.2) is 0 Å². The molecule has 0 saturated heterocycles. The quantitative estimate of drug-likeness (QED) is 0.589. The number of amides is 1. The zero-order chi connectivity index (χ0) is 25.6. The summed E-state index contributed by atoms with van der Waals surface area (Å²) in [6.07, 6.45) is 2.11. The first-order chi connectivity index (χ1) is 16.7. The number of fused-ring (bicyclic) bond motifs is 2. The van der Waals surface area contributed by atoms with Gasteiger partial charge in [0, 0.05) is 39.0 Å². The first-order valence-electron chi connectivity index (χ1n) is 11.7. The van der Waals surface area contributed by atoms with Gasteiger partial charge in [-0.2, -0.15) is 4.31 Å². The molecule has 1 aliphatic rings. The van der Waals surface area contributed by atoms with Crippen LogP contribution in [0, 0.1) is 5.92 Å². The van der Waals surface area contributed by atoms with Crippen molar-refractivity contribution in [1.29, 1.82) is 0 Å². The first kappa shape index (κ1) is 27.1. The lowest BCUT2D eigenvalue weighted by Crippen LogP contribution is -2.47. The molecule has 1 amide bonds. The van der Waals surface area contributed by atoms with Crippen molar-refractivity contribution < 1.29 is 27.8 Å². The standard InChI is InChI=1S/C23H35N5O6S/c1-17-12-28(18(2)15-29)23(30)10-7-11-27-13-19(24-25-27)16-34-21(17)14-26(3)35(31,32)22-9-6-5-8-20(22)33-4/h5-6,8-9,13,17-18,21,29H,7,10-12,14-16H2,1-4H3/t17-,18-,21-/m1/s1. The van der Waals surface area contributed by atoms with Crippen molar-refractivity contribution in [3.05, 3.63) is 36.2 Å². The highest BCUT2D eigenvalue weighted by Gasteiger charge is 2.32. The number of rotatable bonds is 7. The number of aliphatic hydroxyl groups excluding tert-OH is 1. The molecular formula is C23H35N5O6S. The van der Waals surface area contributed by atoms with Crippen LogP contribution in [0.25, 0.3) is 0 Å². The Morgan fingerprint density at radius 2 is 2.09 bits per heavy atom. The summed E-state index contributed by atoms with van der Waals surface area (Å²) in [6, 6.07) is 6.08. The highest BCUT2D eigenvalue weighted by molar-refractivity contribution is 7.89. The molecule has 0 fully saturated rings. The van der Waals surface area contributed by atoms with Crippen LogP contribution < -0.4 is 4.74 Å². The summed E-state index contributed by atoms with van der Waals surface area (Å²) in [5.74, 6) is -0.0563. The van der Waals surface area contributed by atoms with Crippen molar-refractivity contribution in [3.8, 4) is 5.75 Å². The SMILES string of the molecule is COc1ccccc1S(=O)(=O)N(C)C[C@H]1OCc2cn(nn2)CCCC(=O)N([C@H](C)CO)C[C@H]1C. The molecule has 11 nitrogen and oxygen atoms in total. The second kappa shape index (κ2) is 11.9. The molecule has 1 aromatic heterocycles. The lowest BCUT2D eigenvalue weighted by Gasteiger charge is -2.35. The lowest BCUT2D eigenvalue weighted by molar-refractivity contribution is -0.136. The average molecular weight is 510 g/mol. The van der Waals surface area contributed by atoms with E-state index in [1.54, 1.807) is 40.9 Å². The van der Waals surface area contributed by atoms with Crippen LogP contribution >= 0.6 is 0 Å². The van der Waals surface area contributed by atoms with Gasteiger partial charge in [-0.05, 0) is 25.5 Å². The number of benzene rings is 1. The van der Waals surface area contributed by atoms with Gasteiger partial charge in [-0.3, -0.25) is 9.48 Å². The molecule has 3 atom stereocenters. The molecule has 3 rings (SSSR count). The Labute approximate surface area is 206 Å². The van der Waals surface area contributed by atoms with Crippen molar-refractivity contribution in [3.63, 3.8) is 0 Å².